The van der Waals surface area contributed by atoms with Crippen molar-refractivity contribution in [3.05, 3.63) is 59.4 Å². The minimum absolute atomic E-state index is 0.0509. The lowest BCUT2D eigenvalue weighted by molar-refractivity contribution is -0.130. The summed E-state index contributed by atoms with van der Waals surface area (Å²) in [5.74, 6) is 0.175. The maximum atomic E-state index is 12.6. The van der Waals surface area contributed by atoms with Gasteiger partial charge in [0.1, 0.15) is 0 Å². The number of nitrogens with one attached hydrogen (secondary N) is 1. The van der Waals surface area contributed by atoms with Gasteiger partial charge < -0.3 is 14.8 Å². The number of nitrogens with zero attached hydrogens (tertiary/aromatic N) is 2. The van der Waals surface area contributed by atoms with Crippen LogP contribution in [0.4, 0.5) is 0 Å². The molecule has 0 radical (unpaired) electrons. The number of carbonyl (C=O) groups excluding carboxylic acids is 2. The zero-order valence-electron chi connectivity index (χ0n) is 14.0. The van der Waals surface area contributed by atoms with Gasteiger partial charge in [0.15, 0.2) is 0 Å². The second-order valence-corrected chi connectivity index (χ2v) is 6.29. The van der Waals surface area contributed by atoms with Crippen molar-refractivity contribution < 1.29 is 9.59 Å². The number of H-pyrrole nitrogens is 1. The Bertz CT molecular complexity index is 692. The van der Waals surface area contributed by atoms with Gasteiger partial charge in [0, 0.05) is 44.1 Å². The van der Waals surface area contributed by atoms with Gasteiger partial charge in [-0.1, -0.05) is 17.7 Å². The van der Waals surface area contributed by atoms with E-state index in [9.17, 15) is 9.59 Å². The van der Waals surface area contributed by atoms with E-state index >= 15 is 0 Å². The predicted molar refractivity (Wildman–Crippen MR) is 92.8 cm³/mol. The molecule has 1 aromatic heterocycles. The molecule has 0 spiro atoms. The second-order valence-electron chi connectivity index (χ2n) is 6.29. The molecule has 0 bridgehead atoms. The minimum atomic E-state index is 0.0509. The van der Waals surface area contributed by atoms with Crippen molar-refractivity contribution in [2.24, 2.45) is 0 Å². The molecule has 1 aliphatic rings. The molecule has 2 aromatic rings. The summed E-state index contributed by atoms with van der Waals surface area (Å²) in [7, 11) is 0. The average Bonchev–Trinajstić information content (AvgIpc) is 2.96. The Morgan fingerprint density at radius 2 is 1.71 bits per heavy atom. The molecule has 1 aliphatic heterocycles. The lowest BCUT2D eigenvalue weighted by Gasteiger charge is -2.22. The first-order valence-electron chi connectivity index (χ1n) is 8.39. The maximum Gasteiger partial charge on any atom is 0.253 e. The van der Waals surface area contributed by atoms with E-state index in [2.05, 4.69) is 4.98 Å². The summed E-state index contributed by atoms with van der Waals surface area (Å²) in [5.41, 5.74) is 2.86. The van der Waals surface area contributed by atoms with Crippen molar-refractivity contribution in [1.82, 2.24) is 14.8 Å². The van der Waals surface area contributed by atoms with Crippen LogP contribution in [0.1, 0.15) is 27.9 Å². The Morgan fingerprint density at radius 1 is 1.00 bits per heavy atom. The molecule has 1 saturated heterocycles. The molecule has 5 nitrogen and oxygen atoms in total. The molecule has 5 heteroatoms. The molecule has 3 rings (SSSR count). The summed E-state index contributed by atoms with van der Waals surface area (Å²) in [5, 5.41) is 0. The van der Waals surface area contributed by atoms with E-state index in [1.165, 1.54) is 0 Å². The van der Waals surface area contributed by atoms with Crippen molar-refractivity contribution in [2.45, 2.75) is 19.8 Å². The van der Waals surface area contributed by atoms with E-state index < -0.39 is 0 Å². The van der Waals surface area contributed by atoms with Crippen molar-refractivity contribution in [3.63, 3.8) is 0 Å². The minimum Gasteiger partial charge on any atom is -0.367 e. The maximum absolute atomic E-state index is 12.6. The van der Waals surface area contributed by atoms with Crippen LogP contribution in [0.5, 0.6) is 0 Å². The van der Waals surface area contributed by atoms with Crippen LogP contribution in [0.2, 0.25) is 0 Å². The summed E-state index contributed by atoms with van der Waals surface area (Å²) in [6.45, 7) is 4.60. The second kappa shape index (κ2) is 7.34. The number of hydrogen-bond donors (Lipinski definition) is 1. The predicted octanol–water partition coefficient (Wildman–Crippen LogP) is 2.24. The number of benzene rings is 1. The number of aryl methyl sites for hydroxylation is 1. The van der Waals surface area contributed by atoms with Gasteiger partial charge in [0.05, 0.1) is 6.42 Å². The molecule has 0 unspecified atom stereocenters. The lowest BCUT2D eigenvalue weighted by Crippen LogP contribution is -2.37. The van der Waals surface area contributed by atoms with Crippen LogP contribution in [0.15, 0.2) is 42.7 Å². The number of carbonyl (C=O) groups is 2. The summed E-state index contributed by atoms with van der Waals surface area (Å²) in [4.78, 5) is 31.7. The Hall–Kier alpha value is -2.56. The fourth-order valence-corrected chi connectivity index (χ4v) is 3.00. The Balaban J connectivity index is 1.59. The number of aromatic amines is 1. The van der Waals surface area contributed by atoms with Gasteiger partial charge in [0.25, 0.3) is 5.91 Å². The SMILES string of the molecule is Cc1ccc(C(=O)N2CCCN(C(=O)Cc3cc[nH]c3)CC2)cc1. The number of rotatable bonds is 3. The first-order valence-corrected chi connectivity index (χ1v) is 8.39. The largest absolute Gasteiger partial charge is 0.367 e. The Labute approximate surface area is 142 Å². The molecule has 1 aromatic carbocycles. The molecular weight excluding hydrogens is 302 g/mol. The Kier molecular flexibility index (Phi) is 4.99. The molecule has 0 atom stereocenters. The van der Waals surface area contributed by atoms with Gasteiger partial charge in [-0.3, -0.25) is 9.59 Å². The van der Waals surface area contributed by atoms with E-state index in [1.807, 2.05) is 59.4 Å². The molecule has 126 valence electrons. The standard InChI is InChI=1S/C19H23N3O2/c1-15-3-5-17(6-4-15)19(24)22-10-2-9-21(11-12-22)18(23)13-16-7-8-20-14-16/h3-8,14,20H,2,9-13H2,1H3. The molecule has 24 heavy (non-hydrogen) atoms. The van der Waals surface area contributed by atoms with Crippen molar-refractivity contribution >= 4 is 11.8 Å². The molecule has 1 fully saturated rings. The Morgan fingerprint density at radius 3 is 2.42 bits per heavy atom. The van der Waals surface area contributed by atoms with E-state index in [0.717, 1.165) is 17.5 Å². The van der Waals surface area contributed by atoms with Crippen LogP contribution >= 0.6 is 0 Å². The highest BCUT2D eigenvalue weighted by Crippen LogP contribution is 2.12. The van der Waals surface area contributed by atoms with Crippen LogP contribution in [-0.4, -0.2) is 52.8 Å². The van der Waals surface area contributed by atoms with E-state index in [-0.39, 0.29) is 11.8 Å². The highest BCUT2D eigenvalue weighted by Gasteiger charge is 2.22. The van der Waals surface area contributed by atoms with Gasteiger partial charge in [-0.05, 0) is 37.1 Å². The summed E-state index contributed by atoms with van der Waals surface area (Å²) in [6.07, 6.45) is 4.90. The fourth-order valence-electron chi connectivity index (χ4n) is 3.00. The topological polar surface area (TPSA) is 56.4 Å². The molecule has 2 heterocycles. The third-order valence-electron chi connectivity index (χ3n) is 4.45. The number of aromatic nitrogens is 1. The zero-order valence-corrected chi connectivity index (χ0v) is 14.0. The molecule has 0 saturated carbocycles. The monoisotopic (exact) mass is 325 g/mol. The quantitative estimate of drug-likeness (QED) is 0.941. The smallest absolute Gasteiger partial charge is 0.253 e. The first-order chi connectivity index (χ1) is 11.6. The van der Waals surface area contributed by atoms with Crippen molar-refractivity contribution in [1.29, 1.82) is 0 Å². The molecule has 0 aliphatic carbocycles. The highest BCUT2D eigenvalue weighted by atomic mass is 16.2. The van der Waals surface area contributed by atoms with Gasteiger partial charge >= 0.3 is 0 Å². The van der Waals surface area contributed by atoms with Crippen LogP contribution in [0.25, 0.3) is 0 Å². The van der Waals surface area contributed by atoms with E-state index in [4.69, 9.17) is 0 Å². The van der Waals surface area contributed by atoms with Crippen LogP contribution in [0, 0.1) is 6.92 Å². The van der Waals surface area contributed by atoms with E-state index in [0.29, 0.717) is 38.2 Å². The van der Waals surface area contributed by atoms with Gasteiger partial charge in [-0.2, -0.15) is 0 Å². The average molecular weight is 325 g/mol. The van der Waals surface area contributed by atoms with Crippen molar-refractivity contribution in [3.8, 4) is 0 Å². The third kappa shape index (κ3) is 3.85. The van der Waals surface area contributed by atoms with Crippen molar-refractivity contribution in [2.75, 3.05) is 26.2 Å². The van der Waals surface area contributed by atoms with Crippen LogP contribution < -0.4 is 0 Å². The first kappa shape index (κ1) is 16.3. The van der Waals surface area contributed by atoms with Crippen LogP contribution in [0.3, 0.4) is 0 Å². The summed E-state index contributed by atoms with van der Waals surface area (Å²) < 4.78 is 0. The highest BCUT2D eigenvalue weighted by molar-refractivity contribution is 5.94. The molecular formula is C19H23N3O2. The molecule has 2 amide bonds. The third-order valence-corrected chi connectivity index (χ3v) is 4.45. The molecule has 1 N–H and O–H groups in total. The van der Waals surface area contributed by atoms with Gasteiger partial charge in [-0.25, -0.2) is 0 Å². The van der Waals surface area contributed by atoms with Gasteiger partial charge in [0.2, 0.25) is 5.91 Å². The normalized spacial score (nSPS) is 15.2. The fraction of sp³-hybridized carbons (Fsp3) is 0.368. The zero-order chi connectivity index (χ0) is 16.9. The van der Waals surface area contributed by atoms with Gasteiger partial charge in [-0.15, -0.1) is 0 Å². The summed E-state index contributed by atoms with van der Waals surface area (Å²) in [6, 6.07) is 9.58. The summed E-state index contributed by atoms with van der Waals surface area (Å²) >= 11 is 0. The lowest BCUT2D eigenvalue weighted by atomic mass is 10.1. The number of hydrogen-bond acceptors (Lipinski definition) is 2. The number of amides is 2. The van der Waals surface area contributed by atoms with E-state index in [1.54, 1.807) is 0 Å². The van der Waals surface area contributed by atoms with Crippen LogP contribution in [-0.2, 0) is 11.2 Å².